The molecule has 0 fully saturated rings. The lowest BCUT2D eigenvalue weighted by Gasteiger charge is -2.26. The van der Waals surface area contributed by atoms with Crippen LogP contribution in [0.3, 0.4) is 0 Å². The van der Waals surface area contributed by atoms with E-state index in [2.05, 4.69) is 0 Å². The highest BCUT2D eigenvalue weighted by atomic mass is 19.1. The van der Waals surface area contributed by atoms with E-state index in [0.29, 0.717) is 5.69 Å². The predicted octanol–water partition coefficient (Wildman–Crippen LogP) is 5.93. The van der Waals surface area contributed by atoms with Gasteiger partial charge in [-0.2, -0.15) is 0 Å². The number of amides is 1. The summed E-state index contributed by atoms with van der Waals surface area (Å²) in [5, 5.41) is 0. The van der Waals surface area contributed by atoms with E-state index in [9.17, 15) is 18.4 Å². The van der Waals surface area contributed by atoms with Crippen molar-refractivity contribution in [2.75, 3.05) is 11.4 Å². The van der Waals surface area contributed by atoms with Gasteiger partial charge in [-0.05, 0) is 68.7 Å². The van der Waals surface area contributed by atoms with Crippen LogP contribution >= 0.6 is 0 Å². The van der Waals surface area contributed by atoms with Crippen LogP contribution in [-0.2, 0) is 9.53 Å². The number of anilines is 1. The Hall–Kier alpha value is -3.54. The maximum atomic E-state index is 14.4. The van der Waals surface area contributed by atoms with Crippen LogP contribution in [-0.4, -0.2) is 24.0 Å². The van der Waals surface area contributed by atoms with Gasteiger partial charge in [0.15, 0.2) is 0 Å². The van der Waals surface area contributed by atoms with Crippen molar-refractivity contribution >= 4 is 17.6 Å². The summed E-state index contributed by atoms with van der Waals surface area (Å²) in [6, 6.07) is 17.8. The van der Waals surface area contributed by atoms with Crippen LogP contribution in [0.1, 0.15) is 36.7 Å². The average Bonchev–Trinajstić information content (AvgIpc) is 2.71. The van der Waals surface area contributed by atoms with Crippen molar-refractivity contribution in [2.24, 2.45) is 0 Å². The lowest BCUT2D eigenvalue weighted by atomic mass is 10.00. The maximum Gasteiger partial charge on any atom is 0.326 e. The minimum absolute atomic E-state index is 0.323. The summed E-state index contributed by atoms with van der Waals surface area (Å²) in [7, 11) is 0. The zero-order chi connectivity index (χ0) is 23.5. The average molecular weight is 437 g/mol. The number of carbonyl (C=O) groups is 2. The van der Waals surface area contributed by atoms with E-state index in [-0.39, 0.29) is 0 Å². The highest BCUT2D eigenvalue weighted by Gasteiger charge is 2.28. The van der Waals surface area contributed by atoms with E-state index in [1.807, 2.05) is 37.3 Å². The molecule has 0 aliphatic heterocycles. The highest BCUT2D eigenvalue weighted by molar-refractivity contribution is 6.09. The predicted molar refractivity (Wildman–Crippen MR) is 120 cm³/mol. The van der Waals surface area contributed by atoms with Crippen molar-refractivity contribution in [3.63, 3.8) is 0 Å². The zero-order valence-electron chi connectivity index (χ0n) is 18.5. The van der Waals surface area contributed by atoms with Gasteiger partial charge >= 0.3 is 5.97 Å². The maximum absolute atomic E-state index is 14.4. The fourth-order valence-electron chi connectivity index (χ4n) is 3.36. The molecule has 3 aromatic rings. The molecule has 0 bridgehead atoms. The first-order valence-electron chi connectivity index (χ1n) is 10.2. The molecule has 0 aliphatic rings. The van der Waals surface area contributed by atoms with E-state index in [4.69, 9.17) is 4.74 Å². The molecule has 0 aliphatic carbocycles. The van der Waals surface area contributed by atoms with E-state index >= 15 is 0 Å². The normalized spacial score (nSPS) is 11.2. The first-order valence-corrected chi connectivity index (χ1v) is 10.2. The van der Waals surface area contributed by atoms with Crippen molar-refractivity contribution in [1.29, 1.82) is 0 Å². The summed E-state index contributed by atoms with van der Waals surface area (Å²) in [4.78, 5) is 26.8. The van der Waals surface area contributed by atoms with Crippen LogP contribution in [0.5, 0.6) is 0 Å². The number of benzene rings is 3. The molecular formula is C26H25F2NO3. The van der Waals surface area contributed by atoms with Crippen molar-refractivity contribution in [3.05, 3.63) is 89.5 Å². The zero-order valence-corrected chi connectivity index (χ0v) is 18.5. The highest BCUT2D eigenvalue weighted by Crippen LogP contribution is 2.29. The van der Waals surface area contributed by atoms with Crippen LogP contribution in [0.2, 0.25) is 0 Å². The van der Waals surface area contributed by atoms with E-state index in [1.54, 1.807) is 39.0 Å². The van der Waals surface area contributed by atoms with Crippen LogP contribution in [0.25, 0.3) is 11.1 Å². The molecule has 0 spiro atoms. The van der Waals surface area contributed by atoms with Crippen LogP contribution in [0, 0.1) is 18.6 Å². The van der Waals surface area contributed by atoms with Gasteiger partial charge in [-0.15, -0.1) is 0 Å². The number of halogens is 2. The number of nitrogens with zero attached hydrogens (tertiary/aromatic N) is 1. The van der Waals surface area contributed by atoms with E-state index in [1.165, 1.54) is 6.07 Å². The molecule has 32 heavy (non-hydrogen) atoms. The summed E-state index contributed by atoms with van der Waals surface area (Å²) in [5.74, 6) is -3.66. The molecule has 3 aromatic carbocycles. The van der Waals surface area contributed by atoms with Crippen molar-refractivity contribution in [1.82, 2.24) is 0 Å². The fraction of sp³-hybridized carbons (Fsp3) is 0.231. The van der Waals surface area contributed by atoms with Gasteiger partial charge in [-0.25, -0.2) is 8.78 Å². The fourth-order valence-corrected chi connectivity index (χ4v) is 3.36. The third-order valence-corrected chi connectivity index (χ3v) is 4.74. The van der Waals surface area contributed by atoms with E-state index < -0.39 is 41.2 Å². The van der Waals surface area contributed by atoms with Crippen molar-refractivity contribution in [3.8, 4) is 11.1 Å². The van der Waals surface area contributed by atoms with Gasteiger partial charge < -0.3 is 4.74 Å². The van der Waals surface area contributed by atoms with Gasteiger partial charge in [-0.3, -0.25) is 14.5 Å². The van der Waals surface area contributed by atoms with Gasteiger partial charge in [-0.1, -0.05) is 42.5 Å². The Morgan fingerprint density at radius 1 is 0.906 bits per heavy atom. The number of carbonyl (C=O) groups excluding carboxylic acids is 2. The van der Waals surface area contributed by atoms with Crippen LogP contribution < -0.4 is 4.90 Å². The SMILES string of the molecule is Cc1ccccc1-c1cccc(N(CC(=O)OC(C)(C)C)C(=O)c2c(F)cccc2F)c1. The molecule has 0 saturated carbocycles. The first kappa shape index (κ1) is 23.1. The third kappa shape index (κ3) is 5.38. The smallest absolute Gasteiger partial charge is 0.326 e. The molecule has 1 amide bonds. The quantitative estimate of drug-likeness (QED) is 0.465. The minimum Gasteiger partial charge on any atom is -0.459 e. The van der Waals surface area contributed by atoms with Crippen molar-refractivity contribution in [2.45, 2.75) is 33.3 Å². The number of hydrogen-bond acceptors (Lipinski definition) is 3. The van der Waals surface area contributed by atoms with E-state index in [0.717, 1.165) is 33.7 Å². The van der Waals surface area contributed by atoms with Crippen molar-refractivity contribution < 1.29 is 23.1 Å². The molecule has 0 N–H and O–H groups in total. The number of aryl methyl sites for hydroxylation is 1. The topological polar surface area (TPSA) is 46.6 Å². The Morgan fingerprint density at radius 2 is 1.53 bits per heavy atom. The molecular weight excluding hydrogens is 412 g/mol. The molecule has 0 atom stereocenters. The Balaban J connectivity index is 2.07. The Bertz CT molecular complexity index is 1130. The molecule has 4 nitrogen and oxygen atoms in total. The Kier molecular flexibility index (Phi) is 6.72. The first-order chi connectivity index (χ1) is 15.1. The standard InChI is InChI=1S/C26H25F2NO3/c1-17-9-5-6-12-20(17)18-10-7-11-19(15-18)29(16-23(30)32-26(2,3)4)25(31)24-21(27)13-8-14-22(24)28/h5-15H,16H2,1-4H3. The van der Waals surface area contributed by atoms with Gasteiger partial charge in [0.05, 0.1) is 0 Å². The number of esters is 1. The molecule has 0 aromatic heterocycles. The molecule has 6 heteroatoms. The lowest BCUT2D eigenvalue weighted by molar-refractivity contribution is -0.152. The number of rotatable bonds is 5. The van der Waals surface area contributed by atoms with Crippen LogP contribution in [0.15, 0.2) is 66.7 Å². The minimum atomic E-state index is -1.00. The molecule has 166 valence electrons. The second-order valence-corrected chi connectivity index (χ2v) is 8.44. The van der Waals surface area contributed by atoms with Gasteiger partial charge in [0.2, 0.25) is 0 Å². The molecule has 0 unspecified atom stereocenters. The van der Waals surface area contributed by atoms with Gasteiger partial charge in [0.1, 0.15) is 29.3 Å². The summed E-state index contributed by atoms with van der Waals surface area (Å²) in [6.45, 7) is 6.56. The second-order valence-electron chi connectivity index (χ2n) is 8.44. The second kappa shape index (κ2) is 9.30. The number of hydrogen-bond donors (Lipinski definition) is 0. The molecule has 0 heterocycles. The number of ether oxygens (including phenoxy) is 1. The summed E-state index contributed by atoms with van der Waals surface area (Å²) < 4.78 is 34.1. The Morgan fingerprint density at radius 3 is 2.16 bits per heavy atom. The summed E-state index contributed by atoms with van der Waals surface area (Å²) in [5.41, 5.74) is 1.59. The molecule has 0 radical (unpaired) electrons. The monoisotopic (exact) mass is 437 g/mol. The summed E-state index contributed by atoms with van der Waals surface area (Å²) >= 11 is 0. The van der Waals surface area contributed by atoms with Crippen LogP contribution in [0.4, 0.5) is 14.5 Å². The Labute approximate surface area is 186 Å². The third-order valence-electron chi connectivity index (χ3n) is 4.74. The largest absolute Gasteiger partial charge is 0.459 e. The van der Waals surface area contributed by atoms with Gasteiger partial charge in [0.25, 0.3) is 5.91 Å². The molecule has 0 saturated heterocycles. The lowest BCUT2D eigenvalue weighted by Crippen LogP contribution is -2.39. The molecule has 3 rings (SSSR count). The van der Waals surface area contributed by atoms with Gasteiger partial charge in [0, 0.05) is 5.69 Å². The summed E-state index contributed by atoms with van der Waals surface area (Å²) in [6.07, 6.45) is 0.